The highest BCUT2D eigenvalue weighted by atomic mass is 35.5. The van der Waals surface area contributed by atoms with Crippen LogP contribution in [0.25, 0.3) is 17.4 Å². The van der Waals surface area contributed by atoms with Crippen LogP contribution in [0.3, 0.4) is 0 Å². The molecule has 1 aliphatic heterocycles. The average molecular weight is 409 g/mol. The number of nitrogens with one attached hydrogen (secondary N) is 1. The molecule has 4 nitrogen and oxygen atoms in total. The lowest BCUT2D eigenvalue weighted by Crippen LogP contribution is -2.19. The molecule has 1 aromatic heterocycles. The Labute approximate surface area is 172 Å². The van der Waals surface area contributed by atoms with E-state index in [-0.39, 0.29) is 5.91 Å². The monoisotopic (exact) mass is 408 g/mol. The van der Waals surface area contributed by atoms with Crippen molar-refractivity contribution in [3.63, 3.8) is 0 Å². The van der Waals surface area contributed by atoms with Crippen molar-refractivity contribution in [2.75, 3.05) is 0 Å². The molecule has 4 rings (SSSR count). The number of hydrogen-bond donors (Lipinski definition) is 1. The molecule has 3 aromatic rings. The van der Waals surface area contributed by atoms with Crippen LogP contribution >= 0.6 is 23.4 Å². The second-order valence-electron chi connectivity index (χ2n) is 6.48. The summed E-state index contributed by atoms with van der Waals surface area (Å²) >= 11 is 7.34. The number of aryl methyl sites for hydroxylation is 2. The highest BCUT2D eigenvalue weighted by Crippen LogP contribution is 2.31. The van der Waals surface area contributed by atoms with E-state index < -0.39 is 0 Å². The first-order valence-corrected chi connectivity index (χ1v) is 9.90. The van der Waals surface area contributed by atoms with Gasteiger partial charge in [-0.05, 0) is 61.5 Å². The van der Waals surface area contributed by atoms with Gasteiger partial charge in [-0.15, -0.1) is 0 Å². The first-order chi connectivity index (χ1) is 13.5. The Morgan fingerprint density at radius 1 is 1.11 bits per heavy atom. The fraction of sp³-hybridized carbons (Fsp3) is 0.0909. The quantitative estimate of drug-likeness (QED) is 0.532. The van der Waals surface area contributed by atoms with Crippen LogP contribution in [-0.2, 0) is 4.79 Å². The predicted octanol–water partition coefficient (Wildman–Crippen LogP) is 6.11. The molecule has 1 amide bonds. The molecule has 0 atom stereocenters. The molecule has 140 valence electrons. The lowest BCUT2D eigenvalue weighted by atomic mass is 10.1. The Balaban J connectivity index is 1.56. The van der Waals surface area contributed by atoms with Gasteiger partial charge < -0.3 is 9.73 Å². The minimum atomic E-state index is -0.186. The van der Waals surface area contributed by atoms with Gasteiger partial charge in [0, 0.05) is 16.7 Å². The van der Waals surface area contributed by atoms with Gasteiger partial charge in [0.15, 0.2) is 5.17 Å². The zero-order chi connectivity index (χ0) is 19.7. The van der Waals surface area contributed by atoms with Crippen molar-refractivity contribution in [2.24, 2.45) is 4.99 Å². The molecular weight excluding hydrogens is 392 g/mol. The van der Waals surface area contributed by atoms with Crippen molar-refractivity contribution in [1.82, 2.24) is 5.32 Å². The number of thioether (sulfide) groups is 1. The number of nitrogens with zero attached hydrogens (tertiary/aromatic N) is 1. The Bertz CT molecular complexity index is 1130. The van der Waals surface area contributed by atoms with Gasteiger partial charge in [0.2, 0.25) is 0 Å². The van der Waals surface area contributed by atoms with Crippen molar-refractivity contribution >= 4 is 46.2 Å². The van der Waals surface area contributed by atoms with Gasteiger partial charge in [-0.3, -0.25) is 4.79 Å². The molecule has 1 N–H and O–H groups in total. The topological polar surface area (TPSA) is 54.6 Å². The summed E-state index contributed by atoms with van der Waals surface area (Å²) in [4.78, 5) is 17.4. The van der Waals surface area contributed by atoms with E-state index in [4.69, 9.17) is 16.0 Å². The molecule has 0 aliphatic carbocycles. The fourth-order valence-electron chi connectivity index (χ4n) is 2.88. The first-order valence-electron chi connectivity index (χ1n) is 8.70. The number of amidine groups is 1. The molecule has 0 spiro atoms. The van der Waals surface area contributed by atoms with Crippen LogP contribution in [0, 0.1) is 13.8 Å². The highest BCUT2D eigenvalue weighted by molar-refractivity contribution is 8.18. The number of hydrogen-bond acceptors (Lipinski definition) is 4. The number of aliphatic imine (C=N–C) groups is 1. The molecule has 2 heterocycles. The summed E-state index contributed by atoms with van der Waals surface area (Å²) in [5.41, 5.74) is 3.98. The number of benzene rings is 2. The van der Waals surface area contributed by atoms with E-state index in [2.05, 4.69) is 16.4 Å². The van der Waals surface area contributed by atoms with Crippen LogP contribution in [0.2, 0.25) is 5.02 Å². The zero-order valence-corrected chi connectivity index (χ0v) is 16.9. The second kappa shape index (κ2) is 7.70. The van der Waals surface area contributed by atoms with Crippen LogP contribution < -0.4 is 5.32 Å². The van der Waals surface area contributed by atoms with Crippen LogP contribution in [0.1, 0.15) is 16.9 Å². The van der Waals surface area contributed by atoms with Crippen LogP contribution in [0.15, 0.2) is 68.9 Å². The maximum atomic E-state index is 12.3. The molecular formula is C22H17ClN2O2S. The van der Waals surface area contributed by atoms with Crippen molar-refractivity contribution in [2.45, 2.75) is 13.8 Å². The van der Waals surface area contributed by atoms with Gasteiger partial charge in [0.05, 0.1) is 10.6 Å². The SMILES string of the molecule is Cc1ccc(N=C2NC(=O)C(=Cc3ccc(-c4cccc(Cl)c4)o3)S2)c(C)c1. The normalized spacial score (nSPS) is 16.8. The number of carbonyl (C=O) groups is 1. The molecule has 6 heteroatoms. The highest BCUT2D eigenvalue weighted by Gasteiger charge is 2.24. The van der Waals surface area contributed by atoms with Crippen LogP contribution in [0.4, 0.5) is 5.69 Å². The number of furan rings is 1. The van der Waals surface area contributed by atoms with Crippen molar-refractivity contribution in [3.8, 4) is 11.3 Å². The van der Waals surface area contributed by atoms with E-state index >= 15 is 0 Å². The van der Waals surface area contributed by atoms with Crippen molar-refractivity contribution in [1.29, 1.82) is 0 Å². The number of halogens is 1. The molecule has 28 heavy (non-hydrogen) atoms. The summed E-state index contributed by atoms with van der Waals surface area (Å²) in [5.74, 6) is 1.11. The van der Waals surface area contributed by atoms with Gasteiger partial charge in [-0.2, -0.15) is 0 Å². The number of carbonyl (C=O) groups excluding carboxylic acids is 1. The second-order valence-corrected chi connectivity index (χ2v) is 7.95. The third kappa shape index (κ3) is 4.06. The summed E-state index contributed by atoms with van der Waals surface area (Å²) in [7, 11) is 0. The molecule has 1 saturated heterocycles. The van der Waals surface area contributed by atoms with E-state index in [1.807, 2.05) is 62.4 Å². The maximum absolute atomic E-state index is 12.3. The van der Waals surface area contributed by atoms with E-state index in [0.29, 0.717) is 26.6 Å². The summed E-state index contributed by atoms with van der Waals surface area (Å²) in [6.07, 6.45) is 1.72. The molecule has 1 aliphatic rings. The summed E-state index contributed by atoms with van der Waals surface area (Å²) in [6, 6.07) is 17.2. The standard InChI is InChI=1S/C22H17ClN2O2S/c1-13-6-8-18(14(2)10-13)24-22-25-21(26)20(28-22)12-17-7-9-19(27-17)15-4-3-5-16(23)11-15/h3-12H,1-2H3,(H,24,25,26). The summed E-state index contributed by atoms with van der Waals surface area (Å²) < 4.78 is 5.85. The Kier molecular flexibility index (Phi) is 5.11. The third-order valence-corrected chi connectivity index (χ3v) is 5.38. The van der Waals surface area contributed by atoms with E-state index in [0.717, 1.165) is 16.8 Å². The Hall–Kier alpha value is -2.76. The van der Waals surface area contributed by atoms with Crippen molar-refractivity contribution < 1.29 is 9.21 Å². The third-order valence-electron chi connectivity index (χ3n) is 4.23. The molecule has 0 unspecified atom stereocenters. The summed E-state index contributed by atoms with van der Waals surface area (Å²) in [5, 5.41) is 4.01. The summed E-state index contributed by atoms with van der Waals surface area (Å²) in [6.45, 7) is 4.04. The molecule has 1 fully saturated rings. The van der Waals surface area contributed by atoms with Gasteiger partial charge in [-0.1, -0.05) is 41.4 Å². The lowest BCUT2D eigenvalue weighted by Gasteiger charge is -2.02. The average Bonchev–Trinajstić information content (AvgIpc) is 3.25. The lowest BCUT2D eigenvalue weighted by molar-refractivity contribution is -0.115. The van der Waals surface area contributed by atoms with E-state index in [1.54, 1.807) is 6.08 Å². The fourth-order valence-corrected chi connectivity index (χ4v) is 3.88. The van der Waals surface area contributed by atoms with Gasteiger partial charge in [0.1, 0.15) is 11.5 Å². The number of amides is 1. The molecule has 0 saturated carbocycles. The van der Waals surface area contributed by atoms with E-state index in [1.165, 1.54) is 17.3 Å². The Morgan fingerprint density at radius 3 is 2.75 bits per heavy atom. The molecule has 2 aromatic carbocycles. The maximum Gasteiger partial charge on any atom is 0.264 e. The van der Waals surface area contributed by atoms with Crippen molar-refractivity contribution in [3.05, 3.63) is 81.4 Å². The van der Waals surface area contributed by atoms with Crippen LogP contribution in [-0.4, -0.2) is 11.1 Å². The molecule has 0 bridgehead atoms. The van der Waals surface area contributed by atoms with E-state index in [9.17, 15) is 4.79 Å². The largest absolute Gasteiger partial charge is 0.457 e. The van der Waals surface area contributed by atoms with Crippen LogP contribution in [0.5, 0.6) is 0 Å². The minimum Gasteiger partial charge on any atom is -0.457 e. The number of rotatable bonds is 3. The zero-order valence-electron chi connectivity index (χ0n) is 15.3. The molecule has 0 radical (unpaired) electrons. The first kappa shape index (κ1) is 18.6. The predicted molar refractivity (Wildman–Crippen MR) is 116 cm³/mol. The Morgan fingerprint density at radius 2 is 1.96 bits per heavy atom. The smallest absolute Gasteiger partial charge is 0.264 e. The van der Waals surface area contributed by atoms with Gasteiger partial charge in [0.25, 0.3) is 5.91 Å². The minimum absolute atomic E-state index is 0.186. The van der Waals surface area contributed by atoms with Gasteiger partial charge in [-0.25, -0.2) is 4.99 Å². The van der Waals surface area contributed by atoms with Gasteiger partial charge >= 0.3 is 0 Å².